The van der Waals surface area contributed by atoms with Crippen LogP contribution in [0.4, 0.5) is 5.69 Å². The van der Waals surface area contributed by atoms with E-state index >= 15 is 0 Å². The minimum absolute atomic E-state index is 0.141. The molecular formula is C23H21ClN4O2. The van der Waals surface area contributed by atoms with Crippen LogP contribution < -0.4 is 10.1 Å². The van der Waals surface area contributed by atoms with Crippen molar-refractivity contribution >= 4 is 34.2 Å². The summed E-state index contributed by atoms with van der Waals surface area (Å²) in [6.07, 6.45) is 0. The Balaban J connectivity index is 1.46. The molecule has 0 fully saturated rings. The Kier molecular flexibility index (Phi) is 5.42. The summed E-state index contributed by atoms with van der Waals surface area (Å²) in [5.74, 6) is 0.241. The van der Waals surface area contributed by atoms with Crippen LogP contribution in [0.15, 0.2) is 54.6 Å². The van der Waals surface area contributed by atoms with Crippen molar-refractivity contribution in [2.45, 2.75) is 20.8 Å². The van der Waals surface area contributed by atoms with E-state index in [1.54, 1.807) is 16.9 Å². The summed E-state index contributed by atoms with van der Waals surface area (Å²) in [4.78, 5) is 13.9. The maximum atomic E-state index is 12.3. The molecule has 30 heavy (non-hydrogen) atoms. The van der Waals surface area contributed by atoms with Gasteiger partial charge in [-0.25, -0.2) is 0 Å². The van der Waals surface area contributed by atoms with Crippen molar-refractivity contribution in [3.8, 4) is 11.4 Å². The molecule has 0 aliphatic rings. The van der Waals surface area contributed by atoms with Crippen molar-refractivity contribution in [3.63, 3.8) is 0 Å². The highest BCUT2D eigenvalue weighted by Gasteiger charge is 2.11. The van der Waals surface area contributed by atoms with Gasteiger partial charge in [0.25, 0.3) is 5.91 Å². The minimum atomic E-state index is -0.281. The number of ether oxygens (including phenoxy) is 1. The zero-order valence-corrected chi connectivity index (χ0v) is 17.7. The molecule has 1 N–H and O–H groups in total. The first-order valence-electron chi connectivity index (χ1n) is 9.52. The zero-order chi connectivity index (χ0) is 21.3. The van der Waals surface area contributed by atoms with E-state index < -0.39 is 0 Å². The number of anilines is 1. The van der Waals surface area contributed by atoms with Gasteiger partial charge in [0.05, 0.1) is 10.7 Å². The summed E-state index contributed by atoms with van der Waals surface area (Å²) in [6, 6.07) is 17.1. The molecule has 0 spiro atoms. The number of aryl methyl sites for hydroxylation is 3. The Labute approximate surface area is 179 Å². The summed E-state index contributed by atoms with van der Waals surface area (Å²) >= 11 is 6.23. The van der Waals surface area contributed by atoms with Crippen LogP contribution in [-0.2, 0) is 4.79 Å². The third-order valence-corrected chi connectivity index (χ3v) is 4.93. The summed E-state index contributed by atoms with van der Waals surface area (Å²) in [6.45, 7) is 5.75. The van der Waals surface area contributed by atoms with Crippen LogP contribution in [0.1, 0.15) is 16.7 Å². The number of nitrogens with zero attached hydrogens (tertiary/aromatic N) is 3. The lowest BCUT2D eigenvalue weighted by atomic mass is 10.1. The van der Waals surface area contributed by atoms with Gasteiger partial charge in [-0.3, -0.25) is 4.79 Å². The van der Waals surface area contributed by atoms with Gasteiger partial charge in [0.15, 0.2) is 6.61 Å². The van der Waals surface area contributed by atoms with Gasteiger partial charge < -0.3 is 10.1 Å². The molecule has 1 amide bonds. The topological polar surface area (TPSA) is 69.0 Å². The maximum absolute atomic E-state index is 12.3. The molecule has 3 aromatic carbocycles. The predicted molar refractivity (Wildman–Crippen MR) is 119 cm³/mol. The normalized spacial score (nSPS) is 10.9. The van der Waals surface area contributed by atoms with Crippen molar-refractivity contribution in [1.29, 1.82) is 0 Å². The molecule has 4 aromatic rings. The largest absolute Gasteiger partial charge is 0.482 e. The number of carbonyl (C=O) groups is 1. The first-order valence-corrected chi connectivity index (χ1v) is 9.90. The van der Waals surface area contributed by atoms with Crippen molar-refractivity contribution in [2.24, 2.45) is 0 Å². The number of aromatic nitrogens is 3. The zero-order valence-electron chi connectivity index (χ0n) is 16.9. The molecule has 1 heterocycles. The minimum Gasteiger partial charge on any atom is -0.482 e. The van der Waals surface area contributed by atoms with Gasteiger partial charge in [0.2, 0.25) is 0 Å². The fourth-order valence-electron chi connectivity index (χ4n) is 3.21. The van der Waals surface area contributed by atoms with E-state index in [1.165, 1.54) is 5.56 Å². The lowest BCUT2D eigenvalue weighted by Crippen LogP contribution is -2.20. The molecule has 0 aliphatic carbocycles. The lowest BCUT2D eigenvalue weighted by Gasteiger charge is -2.12. The van der Waals surface area contributed by atoms with E-state index in [4.69, 9.17) is 16.3 Å². The van der Waals surface area contributed by atoms with Gasteiger partial charge in [-0.15, -0.1) is 10.2 Å². The van der Waals surface area contributed by atoms with E-state index in [0.717, 1.165) is 22.3 Å². The van der Waals surface area contributed by atoms with Gasteiger partial charge in [-0.1, -0.05) is 35.4 Å². The third kappa shape index (κ3) is 4.28. The molecule has 0 aliphatic heterocycles. The fraction of sp³-hybridized carbons (Fsp3) is 0.174. The first kappa shape index (κ1) is 19.9. The van der Waals surface area contributed by atoms with Gasteiger partial charge in [-0.05, 0) is 68.3 Å². The highest BCUT2D eigenvalue weighted by molar-refractivity contribution is 6.32. The number of carbonyl (C=O) groups excluding carboxylic acids is 1. The molecule has 4 rings (SSSR count). The molecule has 152 valence electrons. The third-order valence-electron chi connectivity index (χ3n) is 4.65. The Morgan fingerprint density at radius 1 is 0.967 bits per heavy atom. The molecule has 0 saturated heterocycles. The van der Waals surface area contributed by atoms with Crippen molar-refractivity contribution < 1.29 is 9.53 Å². The summed E-state index contributed by atoms with van der Waals surface area (Å²) in [7, 11) is 0. The molecule has 0 saturated carbocycles. The Morgan fingerprint density at radius 2 is 1.70 bits per heavy atom. The van der Waals surface area contributed by atoms with Gasteiger partial charge in [-0.2, -0.15) is 4.80 Å². The van der Waals surface area contributed by atoms with Crippen LogP contribution in [0.5, 0.6) is 5.75 Å². The van der Waals surface area contributed by atoms with E-state index in [1.807, 2.05) is 63.2 Å². The van der Waals surface area contributed by atoms with Crippen LogP contribution >= 0.6 is 11.6 Å². The predicted octanol–water partition coefficient (Wildman–Crippen LogP) is 5.02. The number of hydrogen-bond acceptors (Lipinski definition) is 4. The second kappa shape index (κ2) is 8.16. The van der Waals surface area contributed by atoms with E-state index in [2.05, 4.69) is 15.5 Å². The quantitative estimate of drug-likeness (QED) is 0.492. The lowest BCUT2D eigenvalue weighted by molar-refractivity contribution is -0.118. The van der Waals surface area contributed by atoms with E-state index in [0.29, 0.717) is 22.0 Å². The van der Waals surface area contributed by atoms with Gasteiger partial charge >= 0.3 is 0 Å². The van der Waals surface area contributed by atoms with E-state index in [9.17, 15) is 4.79 Å². The molecule has 0 bridgehead atoms. The highest BCUT2D eigenvalue weighted by Crippen LogP contribution is 2.29. The maximum Gasteiger partial charge on any atom is 0.262 e. The number of fused-ring (bicyclic) bond motifs is 1. The summed E-state index contributed by atoms with van der Waals surface area (Å²) < 4.78 is 5.64. The number of nitrogens with one attached hydrogen (secondary N) is 1. The second-order valence-corrected chi connectivity index (χ2v) is 7.67. The number of halogens is 1. The first-order chi connectivity index (χ1) is 14.4. The van der Waals surface area contributed by atoms with Crippen LogP contribution in [0.25, 0.3) is 16.7 Å². The molecular weight excluding hydrogens is 400 g/mol. The molecule has 0 unspecified atom stereocenters. The Morgan fingerprint density at radius 3 is 2.43 bits per heavy atom. The standard InChI is InChI=1S/C23H21ClN4O2/c1-14-4-7-18(8-5-14)28-26-20-9-6-17(12-21(20)27-28)25-22(29)13-30-23-16(3)10-15(2)11-19(23)24/h4-12H,13H2,1-3H3,(H,25,29). The van der Waals surface area contributed by atoms with Crippen molar-refractivity contribution in [1.82, 2.24) is 15.0 Å². The number of hydrogen-bond donors (Lipinski definition) is 1. The molecule has 0 radical (unpaired) electrons. The molecule has 7 heteroatoms. The van der Waals surface area contributed by atoms with E-state index in [-0.39, 0.29) is 12.5 Å². The average molecular weight is 421 g/mol. The number of benzene rings is 3. The highest BCUT2D eigenvalue weighted by atomic mass is 35.5. The number of rotatable bonds is 5. The molecule has 1 aromatic heterocycles. The smallest absolute Gasteiger partial charge is 0.262 e. The van der Waals surface area contributed by atoms with Crippen LogP contribution in [0, 0.1) is 20.8 Å². The molecule has 6 nitrogen and oxygen atoms in total. The second-order valence-electron chi connectivity index (χ2n) is 7.26. The summed E-state index contributed by atoms with van der Waals surface area (Å²) in [5.41, 5.74) is 6.03. The van der Waals surface area contributed by atoms with Crippen molar-refractivity contribution in [3.05, 3.63) is 76.3 Å². The van der Waals surface area contributed by atoms with Crippen LogP contribution in [0.3, 0.4) is 0 Å². The number of amides is 1. The molecule has 0 atom stereocenters. The Hall–Kier alpha value is -3.38. The summed E-state index contributed by atoms with van der Waals surface area (Å²) in [5, 5.41) is 12.3. The average Bonchev–Trinajstić information content (AvgIpc) is 3.11. The van der Waals surface area contributed by atoms with Gasteiger partial charge in [0, 0.05) is 5.69 Å². The van der Waals surface area contributed by atoms with Crippen LogP contribution in [-0.4, -0.2) is 27.5 Å². The van der Waals surface area contributed by atoms with Crippen molar-refractivity contribution in [2.75, 3.05) is 11.9 Å². The Bertz CT molecular complexity index is 1210. The SMILES string of the molecule is Cc1ccc(-n2nc3ccc(NC(=O)COc4c(C)cc(C)cc4Cl)cc3n2)cc1. The monoisotopic (exact) mass is 420 g/mol. The van der Waals surface area contributed by atoms with Gasteiger partial charge in [0.1, 0.15) is 16.8 Å². The fourth-order valence-corrected chi connectivity index (χ4v) is 3.58. The van der Waals surface area contributed by atoms with Crippen LogP contribution in [0.2, 0.25) is 5.02 Å².